The normalized spacial score (nSPS) is 11.6. The summed E-state index contributed by atoms with van der Waals surface area (Å²) in [4.78, 5) is 11.0. The number of nitrogens with zero attached hydrogens (tertiary/aromatic N) is 5. The van der Waals surface area contributed by atoms with Crippen molar-refractivity contribution >= 4 is 41.2 Å². The van der Waals surface area contributed by atoms with E-state index in [2.05, 4.69) is 14.9 Å². The van der Waals surface area contributed by atoms with Crippen LogP contribution in [0.5, 0.6) is 0 Å². The first kappa shape index (κ1) is 17.4. The van der Waals surface area contributed by atoms with Gasteiger partial charge in [-0.25, -0.2) is 14.2 Å². The molecule has 2 aromatic heterocycles. The molecule has 0 bridgehead atoms. The van der Waals surface area contributed by atoms with Gasteiger partial charge in [0.2, 0.25) is 4.77 Å². The molecular formula is C16H17Cl2N5S. The van der Waals surface area contributed by atoms with E-state index in [0.717, 1.165) is 17.0 Å². The molecule has 0 saturated heterocycles. The van der Waals surface area contributed by atoms with Crippen LogP contribution in [0.4, 0.5) is 0 Å². The quantitative estimate of drug-likeness (QED) is 0.632. The third kappa shape index (κ3) is 3.47. The van der Waals surface area contributed by atoms with Crippen LogP contribution in [0.15, 0.2) is 24.3 Å². The van der Waals surface area contributed by atoms with Crippen molar-refractivity contribution in [2.45, 2.75) is 27.1 Å². The Morgan fingerprint density at radius 3 is 2.58 bits per heavy atom. The first-order valence-electron chi connectivity index (χ1n) is 7.41. The van der Waals surface area contributed by atoms with Crippen LogP contribution in [0.3, 0.4) is 0 Å². The van der Waals surface area contributed by atoms with Gasteiger partial charge in [0.1, 0.15) is 0 Å². The largest absolute Gasteiger partial charge is 0.283 e. The Labute approximate surface area is 155 Å². The van der Waals surface area contributed by atoms with Crippen LogP contribution in [0, 0.1) is 18.6 Å². The van der Waals surface area contributed by atoms with E-state index in [0.29, 0.717) is 33.8 Å². The molecule has 0 unspecified atom stereocenters. The van der Waals surface area contributed by atoms with E-state index in [9.17, 15) is 0 Å². The summed E-state index contributed by atoms with van der Waals surface area (Å²) >= 11 is 17.5. The number of hydrogen-bond donors (Lipinski definition) is 0. The lowest BCUT2D eigenvalue weighted by Gasteiger charge is -2.19. The Morgan fingerprint density at radius 1 is 1.12 bits per heavy atom. The summed E-state index contributed by atoms with van der Waals surface area (Å²) in [6, 6.07) is 7.67. The van der Waals surface area contributed by atoms with Gasteiger partial charge in [-0.2, -0.15) is 4.98 Å². The molecule has 3 aromatic rings. The molecule has 0 aliphatic rings. The molecule has 1 aromatic carbocycles. The molecule has 0 radical (unpaired) electrons. The number of rotatable bonds is 4. The molecule has 0 aliphatic carbocycles. The van der Waals surface area contributed by atoms with Gasteiger partial charge in [0.25, 0.3) is 5.78 Å². The van der Waals surface area contributed by atoms with E-state index in [4.69, 9.17) is 35.4 Å². The fraction of sp³-hybridized carbons (Fsp3) is 0.312. The molecule has 5 nitrogen and oxygen atoms in total. The van der Waals surface area contributed by atoms with Crippen LogP contribution >= 0.6 is 35.4 Å². The zero-order valence-corrected chi connectivity index (χ0v) is 16.0. The topological polar surface area (TPSA) is 38.4 Å². The minimum atomic E-state index is 0.511. The first-order valence-corrected chi connectivity index (χ1v) is 8.58. The molecule has 0 N–H and O–H groups in total. The van der Waals surface area contributed by atoms with Gasteiger partial charge in [-0.3, -0.25) is 4.90 Å². The minimum absolute atomic E-state index is 0.511. The Kier molecular flexibility index (Phi) is 4.92. The van der Waals surface area contributed by atoms with Crippen LogP contribution in [-0.2, 0) is 13.2 Å². The average molecular weight is 382 g/mol. The van der Waals surface area contributed by atoms with E-state index < -0.39 is 0 Å². The predicted molar refractivity (Wildman–Crippen MR) is 99.2 cm³/mol. The van der Waals surface area contributed by atoms with Gasteiger partial charge in [0, 0.05) is 17.9 Å². The van der Waals surface area contributed by atoms with Gasteiger partial charge >= 0.3 is 0 Å². The molecule has 0 saturated carbocycles. The van der Waals surface area contributed by atoms with Crippen molar-refractivity contribution in [2.75, 3.05) is 7.05 Å². The molecule has 0 aliphatic heterocycles. The summed E-state index contributed by atoms with van der Waals surface area (Å²) in [6.45, 7) is 5.27. The van der Waals surface area contributed by atoms with Crippen LogP contribution in [0.2, 0.25) is 10.0 Å². The summed E-state index contributed by atoms with van der Waals surface area (Å²) in [5.41, 5.74) is 3.05. The monoisotopic (exact) mass is 381 g/mol. The maximum absolute atomic E-state index is 6.08. The second-order valence-corrected chi connectivity index (χ2v) is 7.03. The van der Waals surface area contributed by atoms with E-state index in [1.165, 1.54) is 0 Å². The van der Waals surface area contributed by atoms with Crippen molar-refractivity contribution < 1.29 is 0 Å². The average Bonchev–Trinajstić information content (AvgIpc) is 2.79. The summed E-state index contributed by atoms with van der Waals surface area (Å²) in [7, 11) is 2.01. The van der Waals surface area contributed by atoms with Crippen LogP contribution in [0.25, 0.3) is 5.78 Å². The van der Waals surface area contributed by atoms with Gasteiger partial charge in [-0.1, -0.05) is 29.3 Å². The highest BCUT2D eigenvalue weighted by atomic mass is 35.5. The highest BCUT2D eigenvalue weighted by molar-refractivity contribution is 7.71. The number of halogens is 2. The second-order valence-electron chi connectivity index (χ2n) is 5.85. The second kappa shape index (κ2) is 6.80. The number of aryl methyl sites for hydroxylation is 2. The van der Waals surface area contributed by atoms with Crippen molar-refractivity contribution in [3.63, 3.8) is 0 Å². The van der Waals surface area contributed by atoms with Crippen LogP contribution in [0.1, 0.15) is 17.0 Å². The van der Waals surface area contributed by atoms with E-state index in [-0.39, 0.29) is 0 Å². The standard InChI is InChI=1S/C16H17Cl2N5S/c1-10-6-11(2)23-15(19-10)20-16(24)22(23)9-21(3)8-12-4-5-13(17)14(18)7-12/h4-7H,8-9H2,1-3H3. The Morgan fingerprint density at radius 2 is 1.88 bits per heavy atom. The lowest BCUT2D eigenvalue weighted by molar-refractivity contribution is 0.238. The van der Waals surface area contributed by atoms with Crippen molar-refractivity contribution in [1.29, 1.82) is 0 Å². The predicted octanol–water partition coefficient (Wildman–Crippen LogP) is 4.27. The molecule has 24 heavy (non-hydrogen) atoms. The van der Waals surface area contributed by atoms with Gasteiger partial charge < -0.3 is 0 Å². The molecule has 0 fully saturated rings. The maximum Gasteiger partial charge on any atom is 0.252 e. The van der Waals surface area contributed by atoms with Crippen LogP contribution < -0.4 is 0 Å². The third-order valence-corrected chi connectivity index (χ3v) is 4.73. The number of hydrogen-bond acceptors (Lipinski definition) is 4. The van der Waals surface area contributed by atoms with Gasteiger partial charge in [0.15, 0.2) is 0 Å². The number of aromatic nitrogens is 4. The lowest BCUT2D eigenvalue weighted by atomic mass is 10.2. The molecule has 8 heteroatoms. The van der Waals surface area contributed by atoms with Gasteiger partial charge in [-0.05, 0) is 56.9 Å². The highest BCUT2D eigenvalue weighted by Gasteiger charge is 2.11. The van der Waals surface area contributed by atoms with Gasteiger partial charge in [0.05, 0.1) is 16.7 Å². The van der Waals surface area contributed by atoms with E-state index in [1.807, 2.05) is 54.4 Å². The lowest BCUT2D eigenvalue weighted by Crippen LogP contribution is -2.24. The summed E-state index contributed by atoms with van der Waals surface area (Å²) in [5.74, 6) is 0.625. The van der Waals surface area contributed by atoms with E-state index in [1.54, 1.807) is 0 Å². The van der Waals surface area contributed by atoms with Crippen molar-refractivity contribution in [2.24, 2.45) is 0 Å². The van der Waals surface area contributed by atoms with Crippen molar-refractivity contribution in [1.82, 2.24) is 24.1 Å². The summed E-state index contributed by atoms with van der Waals surface area (Å²) in [5, 5.41) is 1.12. The Balaban J connectivity index is 1.88. The van der Waals surface area contributed by atoms with E-state index >= 15 is 0 Å². The highest BCUT2D eigenvalue weighted by Crippen LogP contribution is 2.23. The summed E-state index contributed by atoms with van der Waals surface area (Å²) in [6.07, 6.45) is 0. The molecule has 3 rings (SSSR count). The molecule has 0 spiro atoms. The number of fused-ring (bicyclic) bond motifs is 1. The summed E-state index contributed by atoms with van der Waals surface area (Å²) < 4.78 is 4.39. The van der Waals surface area contributed by atoms with Crippen molar-refractivity contribution in [3.05, 3.63) is 56.0 Å². The number of benzene rings is 1. The third-order valence-electron chi connectivity index (χ3n) is 3.69. The molecule has 0 amide bonds. The zero-order chi connectivity index (χ0) is 17.4. The maximum atomic E-state index is 6.08. The molecule has 2 heterocycles. The minimum Gasteiger partial charge on any atom is -0.283 e. The first-order chi connectivity index (χ1) is 11.3. The van der Waals surface area contributed by atoms with Crippen LogP contribution in [-0.4, -0.2) is 31.1 Å². The smallest absolute Gasteiger partial charge is 0.252 e. The fourth-order valence-corrected chi connectivity index (χ4v) is 3.25. The fourth-order valence-electron chi connectivity index (χ4n) is 2.71. The molecule has 0 atom stereocenters. The SMILES string of the molecule is Cc1cc(C)n2c(n1)nc(=S)n2CN(C)Cc1ccc(Cl)c(Cl)c1. The Bertz CT molecular complexity index is 963. The Hall–Kier alpha value is -1.47. The molecular weight excluding hydrogens is 365 g/mol. The zero-order valence-electron chi connectivity index (χ0n) is 13.6. The van der Waals surface area contributed by atoms with Crippen molar-refractivity contribution in [3.8, 4) is 0 Å². The van der Waals surface area contributed by atoms with Gasteiger partial charge in [-0.15, -0.1) is 0 Å². The molecule has 126 valence electrons.